The van der Waals surface area contributed by atoms with E-state index in [0.29, 0.717) is 0 Å². The van der Waals surface area contributed by atoms with Crippen LogP contribution >= 0.6 is 0 Å². The third-order valence-corrected chi connectivity index (χ3v) is 6.67. The molecule has 3 saturated carbocycles. The Hall–Kier alpha value is -0.300. The van der Waals surface area contributed by atoms with Gasteiger partial charge < -0.3 is 5.32 Å². The summed E-state index contributed by atoms with van der Waals surface area (Å²) in [6, 6.07) is 0.883. The predicted octanol–water partition coefficient (Wildman–Crippen LogP) is 4.29. The van der Waals surface area contributed by atoms with Gasteiger partial charge in [0.1, 0.15) is 0 Å². The minimum atomic E-state index is 0.883. The Kier molecular flexibility index (Phi) is 3.43. The van der Waals surface area contributed by atoms with Crippen LogP contribution in [0, 0.1) is 23.7 Å². The van der Waals surface area contributed by atoms with Crippen molar-refractivity contribution in [3.8, 4) is 0 Å². The lowest BCUT2D eigenvalue weighted by molar-refractivity contribution is 0.209. The molecule has 0 radical (unpaired) electrons. The largest absolute Gasteiger partial charge is 0.313 e. The molecule has 5 atom stereocenters. The van der Waals surface area contributed by atoms with Crippen LogP contribution in [0.1, 0.15) is 64.2 Å². The van der Waals surface area contributed by atoms with E-state index in [1.54, 1.807) is 24.8 Å². The number of nitrogens with one attached hydrogen (secondary N) is 1. The maximum absolute atomic E-state index is 3.93. The van der Waals surface area contributed by atoms with Crippen LogP contribution in [0.3, 0.4) is 0 Å². The van der Waals surface area contributed by atoms with Gasteiger partial charge in [-0.05, 0) is 88.0 Å². The highest BCUT2D eigenvalue weighted by molar-refractivity contribution is 5.07. The first-order valence-electron chi connectivity index (χ1n) is 8.83. The van der Waals surface area contributed by atoms with E-state index in [-0.39, 0.29) is 0 Å². The van der Waals surface area contributed by atoms with Gasteiger partial charge in [0.25, 0.3) is 0 Å². The predicted molar refractivity (Wildman–Crippen MR) is 80.0 cm³/mol. The highest BCUT2D eigenvalue weighted by Crippen LogP contribution is 2.58. The van der Waals surface area contributed by atoms with Gasteiger partial charge in [0.2, 0.25) is 0 Å². The van der Waals surface area contributed by atoms with Gasteiger partial charge in [-0.15, -0.1) is 0 Å². The fourth-order valence-electron chi connectivity index (χ4n) is 5.85. The Morgan fingerprint density at radius 3 is 2.84 bits per heavy atom. The van der Waals surface area contributed by atoms with Crippen molar-refractivity contribution < 1.29 is 0 Å². The molecule has 0 heterocycles. The molecule has 106 valence electrons. The number of hydrogen-bond acceptors (Lipinski definition) is 1. The van der Waals surface area contributed by atoms with Crippen molar-refractivity contribution in [1.29, 1.82) is 0 Å². The lowest BCUT2D eigenvalue weighted by Crippen LogP contribution is -2.39. The second-order valence-corrected chi connectivity index (χ2v) is 7.57. The van der Waals surface area contributed by atoms with E-state index in [0.717, 1.165) is 29.7 Å². The topological polar surface area (TPSA) is 12.0 Å². The number of rotatable bonds is 4. The van der Waals surface area contributed by atoms with Crippen LogP contribution in [-0.4, -0.2) is 12.6 Å². The standard InChI is InChI=1S/C18H29N/c1-2-5-13(6-3-1)9-10-19-18-12-14-11-17(18)16-8-4-7-15(14)16/h5,14-19H,1-4,6-12H2. The van der Waals surface area contributed by atoms with Crippen molar-refractivity contribution in [1.82, 2.24) is 5.32 Å². The molecule has 5 unspecified atom stereocenters. The van der Waals surface area contributed by atoms with E-state index in [1.807, 2.05) is 0 Å². The van der Waals surface area contributed by atoms with E-state index in [1.165, 1.54) is 51.5 Å². The van der Waals surface area contributed by atoms with E-state index in [2.05, 4.69) is 11.4 Å². The molecule has 0 aromatic heterocycles. The first-order chi connectivity index (χ1) is 9.42. The van der Waals surface area contributed by atoms with Crippen LogP contribution in [0.5, 0.6) is 0 Å². The van der Waals surface area contributed by atoms with Crippen LogP contribution in [0.25, 0.3) is 0 Å². The molecule has 4 aliphatic carbocycles. The van der Waals surface area contributed by atoms with E-state index in [9.17, 15) is 0 Å². The summed E-state index contributed by atoms with van der Waals surface area (Å²) in [6.45, 7) is 1.25. The first kappa shape index (κ1) is 12.4. The summed E-state index contributed by atoms with van der Waals surface area (Å²) in [7, 11) is 0. The highest BCUT2D eigenvalue weighted by Gasteiger charge is 2.53. The molecule has 4 rings (SSSR count). The Morgan fingerprint density at radius 2 is 1.95 bits per heavy atom. The van der Waals surface area contributed by atoms with Gasteiger partial charge in [-0.1, -0.05) is 18.1 Å². The normalized spacial score (nSPS) is 44.4. The van der Waals surface area contributed by atoms with Gasteiger partial charge in [-0.2, -0.15) is 0 Å². The van der Waals surface area contributed by atoms with Gasteiger partial charge in [0.05, 0.1) is 0 Å². The molecule has 0 saturated heterocycles. The lowest BCUT2D eigenvalue weighted by Gasteiger charge is -2.32. The number of allylic oxidation sites excluding steroid dienone is 1. The second kappa shape index (κ2) is 5.24. The molecule has 19 heavy (non-hydrogen) atoms. The molecular weight excluding hydrogens is 230 g/mol. The van der Waals surface area contributed by atoms with Gasteiger partial charge in [-0.25, -0.2) is 0 Å². The van der Waals surface area contributed by atoms with Crippen molar-refractivity contribution in [2.24, 2.45) is 23.7 Å². The lowest BCUT2D eigenvalue weighted by atomic mass is 9.79. The zero-order chi connectivity index (χ0) is 12.7. The molecule has 1 nitrogen and oxygen atoms in total. The molecule has 0 aliphatic heterocycles. The van der Waals surface area contributed by atoms with Crippen LogP contribution in [0.2, 0.25) is 0 Å². The maximum Gasteiger partial charge on any atom is 0.0101 e. The Bertz CT molecular complexity index is 359. The minimum Gasteiger partial charge on any atom is -0.313 e. The molecule has 4 aliphatic rings. The van der Waals surface area contributed by atoms with Crippen molar-refractivity contribution in [2.45, 2.75) is 70.3 Å². The average Bonchev–Trinajstić information content (AvgIpc) is 3.12. The minimum absolute atomic E-state index is 0.883. The monoisotopic (exact) mass is 259 g/mol. The number of hydrogen-bond donors (Lipinski definition) is 1. The SMILES string of the molecule is C1=C(CCNC2CC3CC2C2CCCC32)CCCC1. The summed E-state index contributed by atoms with van der Waals surface area (Å²) in [5, 5.41) is 3.93. The smallest absolute Gasteiger partial charge is 0.0101 e. The molecule has 3 fully saturated rings. The van der Waals surface area contributed by atoms with Gasteiger partial charge >= 0.3 is 0 Å². The zero-order valence-corrected chi connectivity index (χ0v) is 12.2. The van der Waals surface area contributed by atoms with Gasteiger partial charge in [0, 0.05) is 6.04 Å². The zero-order valence-electron chi connectivity index (χ0n) is 12.2. The quantitative estimate of drug-likeness (QED) is 0.743. The molecule has 0 aromatic rings. The first-order valence-corrected chi connectivity index (χ1v) is 8.83. The fourth-order valence-corrected chi connectivity index (χ4v) is 5.85. The van der Waals surface area contributed by atoms with Crippen LogP contribution in [-0.2, 0) is 0 Å². The molecule has 1 heteroatoms. The summed E-state index contributed by atoms with van der Waals surface area (Å²) in [4.78, 5) is 0. The molecular formula is C18H29N. The molecule has 0 spiro atoms. The summed E-state index contributed by atoms with van der Waals surface area (Å²) in [5.74, 6) is 4.41. The molecule has 0 amide bonds. The Labute approximate surface area is 118 Å². The van der Waals surface area contributed by atoms with E-state index < -0.39 is 0 Å². The average molecular weight is 259 g/mol. The highest BCUT2D eigenvalue weighted by atomic mass is 14.9. The summed E-state index contributed by atoms with van der Waals surface area (Å²) in [6.07, 6.45) is 17.1. The van der Waals surface area contributed by atoms with Crippen LogP contribution < -0.4 is 5.32 Å². The summed E-state index contributed by atoms with van der Waals surface area (Å²) < 4.78 is 0. The van der Waals surface area contributed by atoms with Crippen LogP contribution in [0.4, 0.5) is 0 Å². The summed E-state index contributed by atoms with van der Waals surface area (Å²) in [5.41, 5.74) is 1.74. The van der Waals surface area contributed by atoms with Crippen molar-refractivity contribution in [3.63, 3.8) is 0 Å². The van der Waals surface area contributed by atoms with Crippen LogP contribution in [0.15, 0.2) is 11.6 Å². The third kappa shape index (κ3) is 2.28. The third-order valence-electron chi connectivity index (χ3n) is 6.67. The molecule has 0 aromatic carbocycles. The van der Waals surface area contributed by atoms with Gasteiger partial charge in [0.15, 0.2) is 0 Å². The van der Waals surface area contributed by atoms with E-state index >= 15 is 0 Å². The molecule has 1 N–H and O–H groups in total. The maximum atomic E-state index is 3.93. The second-order valence-electron chi connectivity index (χ2n) is 7.57. The van der Waals surface area contributed by atoms with Crippen molar-refractivity contribution >= 4 is 0 Å². The Morgan fingerprint density at radius 1 is 1.00 bits per heavy atom. The van der Waals surface area contributed by atoms with E-state index in [4.69, 9.17) is 0 Å². The Balaban J connectivity index is 1.27. The molecule has 2 bridgehead atoms. The van der Waals surface area contributed by atoms with Crippen molar-refractivity contribution in [3.05, 3.63) is 11.6 Å². The van der Waals surface area contributed by atoms with Gasteiger partial charge in [-0.3, -0.25) is 0 Å². The van der Waals surface area contributed by atoms with Crippen molar-refractivity contribution in [2.75, 3.05) is 6.54 Å². The number of fused-ring (bicyclic) bond motifs is 5. The summed E-state index contributed by atoms with van der Waals surface area (Å²) >= 11 is 0. The fraction of sp³-hybridized carbons (Fsp3) is 0.889.